The maximum atomic E-state index is 13.9. The van der Waals surface area contributed by atoms with E-state index in [1.54, 1.807) is 6.07 Å². The molecule has 1 unspecified atom stereocenters. The van der Waals surface area contributed by atoms with Crippen LogP contribution in [0.15, 0.2) is 23.4 Å². The Morgan fingerprint density at radius 1 is 1.57 bits per heavy atom. The van der Waals surface area contributed by atoms with Crippen LogP contribution in [0.4, 0.5) is 4.39 Å². The minimum absolute atomic E-state index is 0.0647. The van der Waals surface area contributed by atoms with Crippen molar-refractivity contribution in [2.75, 3.05) is 17.3 Å². The molecule has 1 aromatic carbocycles. The monoisotopic (exact) mass is 326 g/mol. The van der Waals surface area contributed by atoms with Crippen LogP contribution >= 0.6 is 23.5 Å². The van der Waals surface area contributed by atoms with Crippen molar-refractivity contribution in [1.82, 2.24) is 9.55 Å². The molecular weight excluding hydrogens is 311 g/mol. The van der Waals surface area contributed by atoms with Gasteiger partial charge in [-0.3, -0.25) is 4.79 Å². The number of carbonyl (C=O) groups is 1. The number of aromatic nitrogens is 2. The maximum Gasteiger partial charge on any atom is 0.313 e. The summed E-state index contributed by atoms with van der Waals surface area (Å²) in [6, 6.07) is 5.18. The van der Waals surface area contributed by atoms with Gasteiger partial charge in [-0.2, -0.15) is 11.8 Å². The lowest BCUT2D eigenvalue weighted by Crippen LogP contribution is -2.17. The number of halogens is 1. The van der Waals surface area contributed by atoms with Crippen molar-refractivity contribution < 1.29 is 14.3 Å². The lowest BCUT2D eigenvalue weighted by atomic mass is 10.2. The fourth-order valence-corrected chi connectivity index (χ4v) is 4.49. The van der Waals surface area contributed by atoms with E-state index in [4.69, 9.17) is 5.11 Å². The number of rotatable bonds is 4. The number of benzene rings is 1. The number of nitrogens with zero attached hydrogens (tertiary/aromatic N) is 2. The summed E-state index contributed by atoms with van der Waals surface area (Å²) in [6.07, 6.45) is 2.14. The van der Waals surface area contributed by atoms with Crippen molar-refractivity contribution in [3.8, 4) is 0 Å². The lowest BCUT2D eigenvalue weighted by molar-refractivity contribution is -0.133. The summed E-state index contributed by atoms with van der Waals surface area (Å²) in [5.41, 5.74) is 1.09. The number of carboxylic acid groups (broad SMARTS) is 1. The van der Waals surface area contributed by atoms with Gasteiger partial charge in [0.25, 0.3) is 0 Å². The number of thioether (sulfide) groups is 2. The van der Waals surface area contributed by atoms with Gasteiger partial charge in [0.05, 0.1) is 11.3 Å². The van der Waals surface area contributed by atoms with Crippen molar-refractivity contribution >= 4 is 40.5 Å². The Kier molecular flexibility index (Phi) is 4.40. The van der Waals surface area contributed by atoms with E-state index in [2.05, 4.69) is 4.98 Å². The first kappa shape index (κ1) is 14.7. The van der Waals surface area contributed by atoms with Gasteiger partial charge in [0, 0.05) is 11.8 Å². The van der Waals surface area contributed by atoms with Crippen LogP contribution < -0.4 is 0 Å². The Hall–Kier alpha value is -1.21. The minimum Gasteiger partial charge on any atom is -0.481 e. The van der Waals surface area contributed by atoms with Crippen molar-refractivity contribution in [1.29, 1.82) is 0 Å². The Morgan fingerprint density at radius 3 is 3.14 bits per heavy atom. The summed E-state index contributed by atoms with van der Waals surface area (Å²) < 4.78 is 16.0. The van der Waals surface area contributed by atoms with Crippen LogP contribution in [0.3, 0.4) is 0 Å². The van der Waals surface area contributed by atoms with E-state index in [9.17, 15) is 9.18 Å². The van der Waals surface area contributed by atoms with Gasteiger partial charge in [-0.1, -0.05) is 17.8 Å². The maximum absolute atomic E-state index is 13.9. The van der Waals surface area contributed by atoms with E-state index in [1.165, 1.54) is 6.07 Å². The summed E-state index contributed by atoms with van der Waals surface area (Å²) in [6.45, 7) is 0. The van der Waals surface area contributed by atoms with Crippen molar-refractivity contribution in [2.45, 2.75) is 24.0 Å². The second kappa shape index (κ2) is 6.27. The SMILES string of the molecule is O=C(O)CSc1nc2c(F)cccc2n1C1CCCSC1. The number of imidazole rings is 1. The van der Waals surface area contributed by atoms with E-state index < -0.39 is 5.97 Å². The predicted molar refractivity (Wildman–Crippen MR) is 83.6 cm³/mol. The molecule has 1 aliphatic heterocycles. The van der Waals surface area contributed by atoms with Gasteiger partial charge >= 0.3 is 5.97 Å². The smallest absolute Gasteiger partial charge is 0.313 e. The molecule has 1 atom stereocenters. The zero-order valence-corrected chi connectivity index (χ0v) is 12.9. The van der Waals surface area contributed by atoms with Crippen LogP contribution in [0.25, 0.3) is 11.0 Å². The number of fused-ring (bicyclic) bond motifs is 1. The molecule has 1 fully saturated rings. The molecule has 0 amide bonds. The zero-order chi connectivity index (χ0) is 14.8. The van der Waals surface area contributed by atoms with Gasteiger partial charge in [0.15, 0.2) is 11.0 Å². The molecule has 4 nitrogen and oxygen atoms in total. The van der Waals surface area contributed by atoms with Crippen LogP contribution in [-0.2, 0) is 4.79 Å². The van der Waals surface area contributed by atoms with E-state index >= 15 is 0 Å². The highest BCUT2D eigenvalue weighted by molar-refractivity contribution is 8.00. The topological polar surface area (TPSA) is 55.1 Å². The summed E-state index contributed by atoms with van der Waals surface area (Å²) in [4.78, 5) is 15.1. The highest BCUT2D eigenvalue weighted by atomic mass is 32.2. The van der Waals surface area contributed by atoms with Gasteiger partial charge in [0.1, 0.15) is 5.52 Å². The summed E-state index contributed by atoms with van der Waals surface area (Å²) in [7, 11) is 0. The third-order valence-corrected chi connectivity index (χ3v) is 5.60. The van der Waals surface area contributed by atoms with Crippen LogP contribution in [0.1, 0.15) is 18.9 Å². The van der Waals surface area contributed by atoms with Crippen LogP contribution in [0, 0.1) is 5.82 Å². The van der Waals surface area contributed by atoms with Gasteiger partial charge in [-0.05, 0) is 30.7 Å². The van der Waals surface area contributed by atoms with Gasteiger partial charge in [-0.15, -0.1) is 0 Å². The summed E-state index contributed by atoms with van der Waals surface area (Å²) in [5.74, 6) is 0.798. The molecule has 112 valence electrons. The Morgan fingerprint density at radius 2 is 2.43 bits per heavy atom. The van der Waals surface area contributed by atoms with E-state index in [-0.39, 0.29) is 17.6 Å². The van der Waals surface area contributed by atoms with E-state index in [1.807, 2.05) is 22.4 Å². The molecular formula is C14H15FN2O2S2. The molecule has 0 saturated carbocycles. The summed E-state index contributed by atoms with van der Waals surface area (Å²) in [5, 5.41) is 9.47. The number of para-hydroxylation sites is 1. The molecule has 2 heterocycles. The molecule has 1 N–H and O–H groups in total. The molecule has 0 spiro atoms. The molecule has 0 radical (unpaired) electrons. The highest BCUT2D eigenvalue weighted by Gasteiger charge is 2.23. The molecule has 1 saturated heterocycles. The first-order valence-electron chi connectivity index (χ1n) is 6.75. The second-order valence-electron chi connectivity index (χ2n) is 4.93. The second-order valence-corrected chi connectivity index (χ2v) is 7.02. The normalized spacial score (nSPS) is 19.0. The Balaban J connectivity index is 2.06. The molecule has 21 heavy (non-hydrogen) atoms. The first-order chi connectivity index (χ1) is 10.2. The molecule has 0 aliphatic carbocycles. The zero-order valence-electron chi connectivity index (χ0n) is 11.3. The Labute approximate surface area is 130 Å². The lowest BCUT2D eigenvalue weighted by Gasteiger charge is -2.24. The largest absolute Gasteiger partial charge is 0.481 e. The fourth-order valence-electron chi connectivity index (χ4n) is 2.57. The van der Waals surface area contributed by atoms with Crippen LogP contribution in [0.5, 0.6) is 0 Å². The van der Waals surface area contributed by atoms with Gasteiger partial charge < -0.3 is 9.67 Å². The molecule has 7 heteroatoms. The van der Waals surface area contributed by atoms with Gasteiger partial charge in [0.2, 0.25) is 0 Å². The Bertz CT molecular complexity index is 668. The molecule has 0 bridgehead atoms. The molecule has 1 aromatic heterocycles. The van der Waals surface area contributed by atoms with Crippen molar-refractivity contribution in [2.24, 2.45) is 0 Å². The number of carboxylic acids is 1. The quantitative estimate of drug-likeness (QED) is 0.873. The summed E-state index contributed by atoms with van der Waals surface area (Å²) >= 11 is 3.04. The van der Waals surface area contributed by atoms with Crippen LogP contribution in [0.2, 0.25) is 0 Å². The molecule has 1 aliphatic rings. The standard InChI is InChI=1S/C14H15FN2O2S2/c15-10-4-1-5-11-13(10)16-14(21-8-12(18)19)17(11)9-3-2-6-20-7-9/h1,4-5,9H,2-3,6-8H2,(H,18,19). The predicted octanol–water partition coefficient (Wildman–Crippen LogP) is 3.42. The molecule has 2 aromatic rings. The number of aliphatic carboxylic acids is 1. The number of hydrogen-bond donors (Lipinski definition) is 1. The third kappa shape index (κ3) is 3.03. The van der Waals surface area contributed by atoms with Crippen molar-refractivity contribution in [3.63, 3.8) is 0 Å². The van der Waals surface area contributed by atoms with E-state index in [0.29, 0.717) is 10.7 Å². The average Bonchev–Trinajstić information content (AvgIpc) is 2.86. The van der Waals surface area contributed by atoms with E-state index in [0.717, 1.165) is 41.6 Å². The van der Waals surface area contributed by atoms with Crippen molar-refractivity contribution in [3.05, 3.63) is 24.0 Å². The van der Waals surface area contributed by atoms with Gasteiger partial charge in [-0.25, -0.2) is 9.37 Å². The fraction of sp³-hybridized carbons (Fsp3) is 0.429. The first-order valence-corrected chi connectivity index (χ1v) is 8.89. The van der Waals surface area contributed by atoms with Crippen LogP contribution in [-0.4, -0.2) is 37.9 Å². The number of hydrogen-bond acceptors (Lipinski definition) is 4. The molecule has 3 rings (SSSR count). The third-order valence-electron chi connectivity index (χ3n) is 3.46. The minimum atomic E-state index is -0.892. The highest BCUT2D eigenvalue weighted by Crippen LogP contribution is 2.35. The average molecular weight is 326 g/mol.